The summed E-state index contributed by atoms with van der Waals surface area (Å²) in [5.41, 5.74) is 15.7. The summed E-state index contributed by atoms with van der Waals surface area (Å²) in [4.78, 5) is 35.8. The number of H-pyrrole nitrogens is 1. The van der Waals surface area contributed by atoms with Gasteiger partial charge in [0.25, 0.3) is 11.8 Å². The molecule has 0 unspecified atom stereocenters. The van der Waals surface area contributed by atoms with Gasteiger partial charge in [-0.3, -0.25) is 9.59 Å². The van der Waals surface area contributed by atoms with Gasteiger partial charge >= 0.3 is 0 Å². The summed E-state index contributed by atoms with van der Waals surface area (Å²) in [6.45, 7) is 7.10. The average molecular weight is 544 g/mol. The third-order valence-corrected chi connectivity index (χ3v) is 8.83. The van der Waals surface area contributed by atoms with E-state index in [0.29, 0.717) is 29.7 Å². The van der Waals surface area contributed by atoms with Gasteiger partial charge in [-0.1, -0.05) is 48.5 Å². The first-order chi connectivity index (χ1) is 19.9. The number of nitrogens with one attached hydrogen (secondary N) is 1. The number of carbonyl (C=O) groups excluding carboxylic acids is 2. The molecule has 2 aliphatic rings. The van der Waals surface area contributed by atoms with Crippen LogP contribution in [0.5, 0.6) is 0 Å². The molecule has 0 aliphatic carbocycles. The molecule has 0 radical (unpaired) electrons. The lowest BCUT2D eigenvalue weighted by Crippen LogP contribution is -2.47. The number of aromatic nitrogens is 1. The lowest BCUT2D eigenvalue weighted by molar-refractivity contribution is 0.0664. The standard InChI is InChI=1S/C34H33N5O2/c1-21-25(8-5-9-30(21)39-19-23-6-3-4-7-24(23)20-39)26-12-13-28(33(35)40)32-31(26)27-11-10-22(18-29(27)36-32)34(41)38-16-14-37(2)15-17-38/h3-13,18,36H,14-17,19-20H2,1-2H3,(H2,35,40). The normalized spacial score (nSPS) is 15.6. The van der Waals surface area contributed by atoms with E-state index in [1.807, 2.05) is 35.2 Å². The molecule has 206 valence electrons. The van der Waals surface area contributed by atoms with Gasteiger partial charge in [0.15, 0.2) is 0 Å². The van der Waals surface area contributed by atoms with Crippen LogP contribution in [0.15, 0.2) is 72.8 Å². The van der Waals surface area contributed by atoms with Crippen LogP contribution in [0, 0.1) is 6.92 Å². The Morgan fingerprint density at radius 2 is 1.56 bits per heavy atom. The number of benzene rings is 4. The fraction of sp³-hybridized carbons (Fsp3) is 0.235. The van der Waals surface area contributed by atoms with Crippen molar-refractivity contribution in [3.8, 4) is 11.1 Å². The van der Waals surface area contributed by atoms with Crippen molar-refractivity contribution in [2.75, 3.05) is 38.1 Å². The lowest BCUT2D eigenvalue weighted by atomic mass is 9.93. The van der Waals surface area contributed by atoms with E-state index in [1.54, 1.807) is 0 Å². The van der Waals surface area contributed by atoms with Gasteiger partial charge in [0.2, 0.25) is 0 Å². The van der Waals surface area contributed by atoms with Crippen LogP contribution in [-0.2, 0) is 13.1 Å². The molecule has 1 fully saturated rings. The predicted octanol–water partition coefficient (Wildman–Crippen LogP) is 5.30. The number of amides is 2. The third kappa shape index (κ3) is 4.24. The lowest BCUT2D eigenvalue weighted by Gasteiger charge is -2.32. The molecular weight excluding hydrogens is 510 g/mol. The van der Waals surface area contributed by atoms with Gasteiger partial charge in [-0.25, -0.2) is 0 Å². The number of likely N-dealkylation sites (N-methyl/N-ethyl adjacent to an activating group) is 1. The Hall–Kier alpha value is -4.62. The molecule has 0 atom stereocenters. The van der Waals surface area contributed by atoms with Gasteiger partial charge in [-0.05, 0) is 66.1 Å². The van der Waals surface area contributed by atoms with Crippen LogP contribution in [0.4, 0.5) is 5.69 Å². The largest absolute Gasteiger partial charge is 0.366 e. The van der Waals surface area contributed by atoms with Crippen molar-refractivity contribution in [2.24, 2.45) is 5.73 Å². The number of carbonyl (C=O) groups is 2. The van der Waals surface area contributed by atoms with Crippen LogP contribution in [-0.4, -0.2) is 59.8 Å². The molecule has 7 rings (SSSR count). The monoisotopic (exact) mass is 543 g/mol. The summed E-state index contributed by atoms with van der Waals surface area (Å²) < 4.78 is 0. The maximum Gasteiger partial charge on any atom is 0.254 e. The summed E-state index contributed by atoms with van der Waals surface area (Å²) in [5.74, 6) is -0.452. The molecule has 0 spiro atoms. The SMILES string of the molecule is Cc1c(-c2ccc(C(N)=O)c3[nH]c4cc(C(=O)N5CCN(C)CC5)ccc4c23)cccc1N1Cc2ccccc2C1. The Labute approximate surface area is 239 Å². The Balaban J connectivity index is 1.34. The molecule has 1 saturated heterocycles. The minimum Gasteiger partial charge on any atom is -0.366 e. The Bertz CT molecular complexity index is 1820. The number of piperazine rings is 1. The molecule has 0 bridgehead atoms. The zero-order valence-electron chi connectivity index (χ0n) is 23.4. The number of hydrogen-bond donors (Lipinski definition) is 2. The van der Waals surface area contributed by atoms with Crippen LogP contribution >= 0.6 is 0 Å². The molecule has 7 nitrogen and oxygen atoms in total. The highest BCUT2D eigenvalue weighted by atomic mass is 16.2. The highest BCUT2D eigenvalue weighted by molar-refractivity contribution is 6.20. The van der Waals surface area contributed by atoms with Gasteiger partial charge in [0.05, 0.1) is 11.1 Å². The number of primary amides is 1. The van der Waals surface area contributed by atoms with Gasteiger partial charge in [-0.15, -0.1) is 0 Å². The zero-order valence-corrected chi connectivity index (χ0v) is 23.4. The summed E-state index contributed by atoms with van der Waals surface area (Å²) in [5, 5.41) is 1.91. The first-order valence-electron chi connectivity index (χ1n) is 14.2. The topological polar surface area (TPSA) is 85.7 Å². The first kappa shape index (κ1) is 25.4. The second-order valence-electron chi connectivity index (χ2n) is 11.3. The molecule has 2 aliphatic heterocycles. The van der Waals surface area contributed by atoms with E-state index in [-0.39, 0.29) is 5.91 Å². The second-order valence-corrected chi connectivity index (χ2v) is 11.3. The van der Waals surface area contributed by atoms with Crippen molar-refractivity contribution >= 4 is 39.3 Å². The first-order valence-corrected chi connectivity index (χ1v) is 14.2. The van der Waals surface area contributed by atoms with Gasteiger partial charge in [-0.2, -0.15) is 0 Å². The summed E-state index contributed by atoms with van der Waals surface area (Å²) >= 11 is 0. The zero-order chi connectivity index (χ0) is 28.2. The number of fused-ring (bicyclic) bond motifs is 4. The highest BCUT2D eigenvalue weighted by Crippen LogP contribution is 2.41. The van der Waals surface area contributed by atoms with E-state index in [0.717, 1.165) is 53.6 Å². The number of nitrogens with zero attached hydrogens (tertiary/aromatic N) is 3. The van der Waals surface area contributed by atoms with Crippen LogP contribution in [0.25, 0.3) is 32.9 Å². The van der Waals surface area contributed by atoms with E-state index < -0.39 is 5.91 Å². The van der Waals surface area contributed by atoms with Gasteiger partial charge < -0.3 is 25.4 Å². The molecule has 5 aromatic rings. The molecule has 3 N–H and O–H groups in total. The average Bonchev–Trinajstić information content (AvgIpc) is 3.58. The number of aromatic amines is 1. The van der Waals surface area contributed by atoms with Gasteiger partial charge in [0, 0.05) is 66.8 Å². The smallest absolute Gasteiger partial charge is 0.254 e. The van der Waals surface area contributed by atoms with Gasteiger partial charge in [0.1, 0.15) is 0 Å². The number of nitrogens with two attached hydrogens (primary N) is 1. The van der Waals surface area contributed by atoms with Crippen molar-refractivity contribution in [3.05, 3.63) is 101 Å². The summed E-state index contributed by atoms with van der Waals surface area (Å²) in [6, 6.07) is 24.7. The maximum atomic E-state index is 13.3. The molecule has 4 aromatic carbocycles. The summed E-state index contributed by atoms with van der Waals surface area (Å²) in [6.07, 6.45) is 0. The molecule has 3 heterocycles. The fourth-order valence-corrected chi connectivity index (χ4v) is 6.53. The van der Waals surface area contributed by atoms with Crippen molar-refractivity contribution in [3.63, 3.8) is 0 Å². The Morgan fingerprint density at radius 1 is 0.829 bits per heavy atom. The fourth-order valence-electron chi connectivity index (χ4n) is 6.53. The van der Waals surface area contributed by atoms with Crippen molar-refractivity contribution < 1.29 is 9.59 Å². The van der Waals surface area contributed by atoms with E-state index in [4.69, 9.17) is 5.73 Å². The number of hydrogen-bond acceptors (Lipinski definition) is 4. The van der Waals surface area contributed by atoms with Crippen LogP contribution in [0.2, 0.25) is 0 Å². The Morgan fingerprint density at radius 3 is 2.27 bits per heavy atom. The quantitative estimate of drug-likeness (QED) is 0.322. The van der Waals surface area contributed by atoms with E-state index >= 15 is 0 Å². The molecule has 1 aromatic heterocycles. The second kappa shape index (κ2) is 9.78. The van der Waals surface area contributed by atoms with E-state index in [2.05, 4.69) is 71.2 Å². The van der Waals surface area contributed by atoms with Crippen molar-refractivity contribution in [1.82, 2.24) is 14.8 Å². The molecular formula is C34H33N5O2. The third-order valence-electron chi connectivity index (χ3n) is 8.83. The number of rotatable bonds is 4. The summed E-state index contributed by atoms with van der Waals surface area (Å²) in [7, 11) is 2.08. The van der Waals surface area contributed by atoms with Crippen LogP contribution in [0.3, 0.4) is 0 Å². The van der Waals surface area contributed by atoms with Crippen LogP contribution in [0.1, 0.15) is 37.4 Å². The molecule has 41 heavy (non-hydrogen) atoms. The van der Waals surface area contributed by atoms with Crippen molar-refractivity contribution in [2.45, 2.75) is 20.0 Å². The highest BCUT2D eigenvalue weighted by Gasteiger charge is 2.24. The predicted molar refractivity (Wildman–Crippen MR) is 164 cm³/mol. The van der Waals surface area contributed by atoms with E-state index in [9.17, 15) is 9.59 Å². The Kier molecular flexibility index (Phi) is 6.05. The minimum atomic E-state index is -0.484. The molecule has 2 amide bonds. The van der Waals surface area contributed by atoms with Crippen molar-refractivity contribution in [1.29, 1.82) is 0 Å². The maximum absolute atomic E-state index is 13.3. The van der Waals surface area contributed by atoms with Crippen LogP contribution < -0.4 is 10.6 Å². The molecule has 0 saturated carbocycles. The molecule has 7 heteroatoms. The van der Waals surface area contributed by atoms with E-state index in [1.165, 1.54) is 22.4 Å². The number of anilines is 1. The minimum absolute atomic E-state index is 0.0316.